The Hall–Kier alpha value is -0.870. The van der Waals surface area contributed by atoms with Gasteiger partial charge in [-0.3, -0.25) is 4.79 Å². The highest BCUT2D eigenvalue weighted by molar-refractivity contribution is 9.09. The standard InChI is InChI=1S/C14H19BrO3.C2H6/c1-11-5-4-6-12(9-11)14(2,13(16)17-3)10-18-8-7-15;1-2/h4-6,9H,7-8,10H2,1-3H3;1-2H3. The Morgan fingerprint density at radius 1 is 1.35 bits per heavy atom. The molecular weight excluding hydrogens is 320 g/mol. The summed E-state index contributed by atoms with van der Waals surface area (Å²) in [7, 11) is 1.40. The van der Waals surface area contributed by atoms with Crippen molar-refractivity contribution in [1.82, 2.24) is 0 Å². The maximum atomic E-state index is 12.0. The Morgan fingerprint density at radius 2 is 2.00 bits per heavy atom. The Balaban J connectivity index is 0.00000172. The number of rotatable bonds is 6. The lowest BCUT2D eigenvalue weighted by Crippen LogP contribution is -2.38. The highest BCUT2D eigenvalue weighted by Crippen LogP contribution is 2.26. The van der Waals surface area contributed by atoms with Crippen LogP contribution in [0.1, 0.15) is 31.9 Å². The van der Waals surface area contributed by atoms with Crippen LogP contribution in [0.3, 0.4) is 0 Å². The number of alkyl halides is 1. The fourth-order valence-electron chi connectivity index (χ4n) is 1.80. The number of hydrogen-bond donors (Lipinski definition) is 0. The number of aryl methyl sites for hydroxylation is 1. The third-order valence-electron chi connectivity index (χ3n) is 2.90. The maximum absolute atomic E-state index is 12.0. The van der Waals surface area contributed by atoms with Gasteiger partial charge in [-0.05, 0) is 19.4 Å². The first kappa shape index (κ1) is 19.1. The summed E-state index contributed by atoms with van der Waals surface area (Å²) in [5.41, 5.74) is 1.27. The predicted molar refractivity (Wildman–Crippen MR) is 86.5 cm³/mol. The molecule has 0 heterocycles. The van der Waals surface area contributed by atoms with Crippen molar-refractivity contribution >= 4 is 21.9 Å². The summed E-state index contributed by atoms with van der Waals surface area (Å²) in [5, 5.41) is 0.748. The first-order valence-corrected chi connectivity index (χ1v) is 7.96. The van der Waals surface area contributed by atoms with Crippen molar-refractivity contribution < 1.29 is 14.3 Å². The molecule has 20 heavy (non-hydrogen) atoms. The van der Waals surface area contributed by atoms with Gasteiger partial charge in [0.1, 0.15) is 5.41 Å². The summed E-state index contributed by atoms with van der Waals surface area (Å²) in [4.78, 5) is 12.0. The number of carbonyl (C=O) groups is 1. The first-order chi connectivity index (χ1) is 9.54. The van der Waals surface area contributed by atoms with Gasteiger partial charge >= 0.3 is 5.97 Å². The summed E-state index contributed by atoms with van der Waals surface area (Å²) < 4.78 is 10.4. The van der Waals surface area contributed by atoms with Crippen LogP contribution >= 0.6 is 15.9 Å². The number of esters is 1. The van der Waals surface area contributed by atoms with E-state index in [0.717, 1.165) is 16.5 Å². The zero-order valence-electron chi connectivity index (χ0n) is 13.0. The molecular formula is C16H25BrO3. The largest absolute Gasteiger partial charge is 0.468 e. The lowest BCUT2D eigenvalue weighted by molar-refractivity contribution is -0.149. The van der Waals surface area contributed by atoms with Gasteiger partial charge in [0.2, 0.25) is 0 Å². The topological polar surface area (TPSA) is 35.5 Å². The molecule has 0 bridgehead atoms. The summed E-state index contributed by atoms with van der Waals surface area (Å²) >= 11 is 3.30. The van der Waals surface area contributed by atoms with Crippen LogP contribution in [0.25, 0.3) is 0 Å². The molecule has 0 saturated carbocycles. The van der Waals surface area contributed by atoms with Crippen LogP contribution in [0.5, 0.6) is 0 Å². The van der Waals surface area contributed by atoms with Crippen molar-refractivity contribution in [3.05, 3.63) is 35.4 Å². The molecule has 0 aliphatic rings. The smallest absolute Gasteiger partial charge is 0.318 e. The molecule has 114 valence electrons. The lowest BCUT2D eigenvalue weighted by Gasteiger charge is -2.27. The average Bonchev–Trinajstić information content (AvgIpc) is 2.48. The monoisotopic (exact) mass is 344 g/mol. The molecule has 0 amide bonds. The number of hydrogen-bond acceptors (Lipinski definition) is 3. The molecule has 0 aromatic heterocycles. The van der Waals surface area contributed by atoms with Crippen molar-refractivity contribution in [3.63, 3.8) is 0 Å². The molecule has 0 fully saturated rings. The van der Waals surface area contributed by atoms with Gasteiger partial charge in [0.15, 0.2) is 0 Å². The van der Waals surface area contributed by atoms with Gasteiger partial charge in [-0.15, -0.1) is 0 Å². The SMILES string of the molecule is CC.COC(=O)C(C)(COCCBr)c1cccc(C)c1. The zero-order chi connectivity index (χ0) is 15.6. The number of benzene rings is 1. The molecule has 0 radical (unpaired) electrons. The van der Waals surface area contributed by atoms with E-state index in [2.05, 4.69) is 15.9 Å². The Labute approximate surface area is 130 Å². The molecule has 3 nitrogen and oxygen atoms in total. The third kappa shape index (κ3) is 5.25. The Morgan fingerprint density at radius 3 is 2.50 bits per heavy atom. The molecule has 1 aromatic carbocycles. The van der Waals surface area contributed by atoms with E-state index in [1.165, 1.54) is 7.11 Å². The van der Waals surface area contributed by atoms with Crippen molar-refractivity contribution in [1.29, 1.82) is 0 Å². The second-order valence-electron chi connectivity index (χ2n) is 4.43. The minimum Gasteiger partial charge on any atom is -0.468 e. The van der Waals surface area contributed by atoms with Crippen LogP contribution in [0, 0.1) is 6.92 Å². The summed E-state index contributed by atoms with van der Waals surface area (Å²) in [6.07, 6.45) is 0. The second-order valence-corrected chi connectivity index (χ2v) is 5.23. The van der Waals surface area contributed by atoms with Gasteiger partial charge < -0.3 is 9.47 Å². The molecule has 1 aromatic rings. The molecule has 0 N–H and O–H groups in total. The van der Waals surface area contributed by atoms with Gasteiger partial charge in [-0.1, -0.05) is 59.6 Å². The van der Waals surface area contributed by atoms with Gasteiger partial charge in [-0.25, -0.2) is 0 Å². The van der Waals surface area contributed by atoms with E-state index in [1.54, 1.807) is 0 Å². The van der Waals surface area contributed by atoms with Crippen LogP contribution in [-0.4, -0.2) is 31.6 Å². The maximum Gasteiger partial charge on any atom is 0.318 e. The van der Waals surface area contributed by atoms with Crippen molar-refractivity contribution in [2.45, 2.75) is 33.1 Å². The number of halogens is 1. The van der Waals surface area contributed by atoms with Gasteiger partial charge in [-0.2, -0.15) is 0 Å². The van der Waals surface area contributed by atoms with Crippen LogP contribution in [-0.2, 0) is 19.7 Å². The van der Waals surface area contributed by atoms with Crippen molar-refractivity contribution in [2.75, 3.05) is 25.7 Å². The van der Waals surface area contributed by atoms with E-state index >= 15 is 0 Å². The lowest BCUT2D eigenvalue weighted by atomic mass is 9.82. The van der Waals surface area contributed by atoms with E-state index in [4.69, 9.17) is 9.47 Å². The highest BCUT2D eigenvalue weighted by atomic mass is 79.9. The fourth-order valence-corrected chi connectivity index (χ4v) is 2.03. The van der Waals surface area contributed by atoms with E-state index < -0.39 is 5.41 Å². The number of ether oxygens (including phenoxy) is 2. The van der Waals surface area contributed by atoms with Gasteiger partial charge in [0.05, 0.1) is 20.3 Å². The van der Waals surface area contributed by atoms with Crippen molar-refractivity contribution in [2.24, 2.45) is 0 Å². The van der Waals surface area contributed by atoms with Crippen LogP contribution in [0.15, 0.2) is 24.3 Å². The summed E-state index contributed by atoms with van der Waals surface area (Å²) in [6, 6.07) is 7.87. The second kappa shape index (κ2) is 9.94. The van der Waals surface area contributed by atoms with Crippen LogP contribution < -0.4 is 0 Å². The number of carbonyl (C=O) groups excluding carboxylic acids is 1. The van der Waals surface area contributed by atoms with E-state index in [0.29, 0.717) is 13.2 Å². The number of methoxy groups -OCH3 is 1. The molecule has 1 rings (SSSR count). The fraction of sp³-hybridized carbons (Fsp3) is 0.562. The quantitative estimate of drug-likeness (QED) is 0.446. The summed E-state index contributed by atoms with van der Waals surface area (Å²) in [5.74, 6) is -0.275. The molecule has 1 unspecified atom stereocenters. The van der Waals surface area contributed by atoms with Crippen LogP contribution in [0.2, 0.25) is 0 Å². The first-order valence-electron chi connectivity index (χ1n) is 6.84. The molecule has 0 aliphatic heterocycles. The van der Waals surface area contributed by atoms with Gasteiger partial charge in [0.25, 0.3) is 0 Å². The molecule has 4 heteroatoms. The summed E-state index contributed by atoms with van der Waals surface area (Å²) in [6.45, 7) is 8.73. The average molecular weight is 345 g/mol. The minimum absolute atomic E-state index is 0.275. The van der Waals surface area contributed by atoms with E-state index in [9.17, 15) is 4.79 Å². The predicted octanol–water partition coefficient (Wildman–Crippen LogP) is 3.86. The Bertz CT molecular complexity index is 406. The molecule has 1 atom stereocenters. The van der Waals surface area contributed by atoms with E-state index in [1.807, 2.05) is 52.0 Å². The normalized spacial score (nSPS) is 12.9. The van der Waals surface area contributed by atoms with Crippen LogP contribution in [0.4, 0.5) is 0 Å². The third-order valence-corrected chi connectivity index (χ3v) is 3.23. The minimum atomic E-state index is -0.761. The van der Waals surface area contributed by atoms with E-state index in [-0.39, 0.29) is 5.97 Å². The van der Waals surface area contributed by atoms with Crippen molar-refractivity contribution in [3.8, 4) is 0 Å². The zero-order valence-corrected chi connectivity index (χ0v) is 14.6. The molecule has 0 spiro atoms. The highest BCUT2D eigenvalue weighted by Gasteiger charge is 2.36. The molecule has 0 saturated heterocycles. The molecule has 0 aliphatic carbocycles. The van der Waals surface area contributed by atoms with Gasteiger partial charge in [0, 0.05) is 5.33 Å². The Kier molecular flexibility index (Phi) is 9.51.